The second kappa shape index (κ2) is 6.61. The quantitative estimate of drug-likeness (QED) is 0.829. The Labute approximate surface area is 121 Å². The molecule has 1 N–H and O–H groups in total. The van der Waals surface area contributed by atoms with Crippen LogP contribution in [0, 0.1) is 0 Å². The molecule has 0 amide bonds. The Morgan fingerprint density at radius 1 is 1.32 bits per heavy atom. The Hall–Kier alpha value is -1.49. The van der Waals surface area contributed by atoms with Gasteiger partial charge in [0.2, 0.25) is 0 Å². The van der Waals surface area contributed by atoms with Gasteiger partial charge in [0.05, 0.1) is 11.4 Å². The van der Waals surface area contributed by atoms with Crippen LogP contribution in [0.25, 0.3) is 0 Å². The maximum atomic E-state index is 5.65. The number of nitrogens with one attached hydrogen (secondary N) is 1. The predicted molar refractivity (Wildman–Crippen MR) is 80.7 cm³/mol. The van der Waals surface area contributed by atoms with E-state index in [0.717, 1.165) is 34.6 Å². The highest BCUT2D eigenvalue weighted by atomic mass is 79.9. The van der Waals surface area contributed by atoms with Gasteiger partial charge in [0, 0.05) is 24.3 Å². The third-order valence-electron chi connectivity index (χ3n) is 2.74. The van der Waals surface area contributed by atoms with Crippen molar-refractivity contribution in [1.29, 1.82) is 0 Å². The van der Waals surface area contributed by atoms with Crippen LogP contribution >= 0.6 is 15.9 Å². The number of aromatic nitrogens is 2. The lowest BCUT2D eigenvalue weighted by Gasteiger charge is -2.08. The summed E-state index contributed by atoms with van der Waals surface area (Å²) in [5.74, 6) is 0.881. The largest absolute Gasteiger partial charge is 0.492 e. The SMILES string of the molecule is CCc1nn(C)cc1NCCOc1ccc(Br)cc1. The molecular formula is C14H18BrN3O. The van der Waals surface area contributed by atoms with E-state index in [9.17, 15) is 0 Å². The van der Waals surface area contributed by atoms with Crippen LogP contribution < -0.4 is 10.1 Å². The molecule has 102 valence electrons. The van der Waals surface area contributed by atoms with Crippen molar-refractivity contribution in [3.63, 3.8) is 0 Å². The second-order valence-corrected chi connectivity index (χ2v) is 5.16. The molecule has 0 aliphatic rings. The van der Waals surface area contributed by atoms with Crippen molar-refractivity contribution >= 4 is 21.6 Å². The van der Waals surface area contributed by atoms with Crippen LogP contribution in [0.1, 0.15) is 12.6 Å². The summed E-state index contributed by atoms with van der Waals surface area (Å²) in [6, 6.07) is 7.84. The van der Waals surface area contributed by atoms with Crippen LogP contribution in [-0.4, -0.2) is 22.9 Å². The topological polar surface area (TPSA) is 39.1 Å². The van der Waals surface area contributed by atoms with Gasteiger partial charge in [0.15, 0.2) is 0 Å². The first kappa shape index (κ1) is 13.9. The number of halogens is 1. The van der Waals surface area contributed by atoms with Crippen molar-refractivity contribution in [2.75, 3.05) is 18.5 Å². The summed E-state index contributed by atoms with van der Waals surface area (Å²) >= 11 is 3.40. The Kier molecular flexibility index (Phi) is 4.85. The van der Waals surface area contributed by atoms with Gasteiger partial charge in [-0.05, 0) is 30.7 Å². The van der Waals surface area contributed by atoms with Gasteiger partial charge in [0.1, 0.15) is 12.4 Å². The van der Waals surface area contributed by atoms with Crippen LogP contribution in [0.4, 0.5) is 5.69 Å². The molecule has 0 radical (unpaired) electrons. The van der Waals surface area contributed by atoms with Gasteiger partial charge in [-0.1, -0.05) is 22.9 Å². The molecule has 1 heterocycles. The van der Waals surface area contributed by atoms with Gasteiger partial charge in [-0.3, -0.25) is 4.68 Å². The monoisotopic (exact) mass is 323 g/mol. The Bertz CT molecular complexity index is 522. The maximum absolute atomic E-state index is 5.65. The first-order valence-electron chi connectivity index (χ1n) is 6.34. The van der Waals surface area contributed by atoms with E-state index < -0.39 is 0 Å². The molecule has 0 saturated carbocycles. The Balaban J connectivity index is 1.78. The minimum absolute atomic E-state index is 0.625. The van der Waals surface area contributed by atoms with E-state index >= 15 is 0 Å². The average molecular weight is 324 g/mol. The molecule has 2 aromatic rings. The highest BCUT2D eigenvalue weighted by Crippen LogP contribution is 2.16. The normalized spacial score (nSPS) is 10.5. The van der Waals surface area contributed by atoms with Crippen molar-refractivity contribution in [2.24, 2.45) is 7.05 Å². The molecule has 5 heteroatoms. The van der Waals surface area contributed by atoms with Gasteiger partial charge in [-0.25, -0.2) is 0 Å². The number of rotatable bonds is 6. The highest BCUT2D eigenvalue weighted by Gasteiger charge is 2.04. The zero-order valence-corrected chi connectivity index (χ0v) is 12.8. The molecule has 0 unspecified atom stereocenters. The van der Waals surface area contributed by atoms with Crippen LogP contribution in [0.3, 0.4) is 0 Å². The van der Waals surface area contributed by atoms with Gasteiger partial charge >= 0.3 is 0 Å². The number of nitrogens with zero attached hydrogens (tertiary/aromatic N) is 2. The fourth-order valence-corrected chi connectivity index (χ4v) is 2.09. The molecule has 19 heavy (non-hydrogen) atoms. The Morgan fingerprint density at radius 2 is 2.05 bits per heavy atom. The summed E-state index contributed by atoms with van der Waals surface area (Å²) in [4.78, 5) is 0. The third kappa shape index (κ3) is 3.99. The lowest BCUT2D eigenvalue weighted by molar-refractivity contribution is 0.333. The molecule has 1 aromatic carbocycles. The average Bonchev–Trinajstić information content (AvgIpc) is 2.77. The van der Waals surface area contributed by atoms with Gasteiger partial charge in [-0.15, -0.1) is 0 Å². The minimum Gasteiger partial charge on any atom is -0.492 e. The van der Waals surface area contributed by atoms with Crippen LogP contribution in [-0.2, 0) is 13.5 Å². The lowest BCUT2D eigenvalue weighted by atomic mass is 10.3. The molecule has 0 saturated heterocycles. The summed E-state index contributed by atoms with van der Waals surface area (Å²) in [5, 5.41) is 7.73. The number of aryl methyl sites for hydroxylation is 2. The number of anilines is 1. The zero-order chi connectivity index (χ0) is 13.7. The van der Waals surface area contributed by atoms with E-state index in [-0.39, 0.29) is 0 Å². The molecule has 4 nitrogen and oxygen atoms in total. The van der Waals surface area contributed by atoms with Crippen molar-refractivity contribution in [2.45, 2.75) is 13.3 Å². The van der Waals surface area contributed by atoms with E-state index in [4.69, 9.17) is 4.74 Å². The smallest absolute Gasteiger partial charge is 0.119 e. The summed E-state index contributed by atoms with van der Waals surface area (Å²) < 4.78 is 8.54. The third-order valence-corrected chi connectivity index (χ3v) is 3.27. The number of ether oxygens (including phenoxy) is 1. The van der Waals surface area contributed by atoms with Gasteiger partial charge < -0.3 is 10.1 Å². The van der Waals surface area contributed by atoms with E-state index in [2.05, 4.69) is 33.3 Å². The van der Waals surface area contributed by atoms with E-state index in [1.54, 1.807) is 0 Å². The molecule has 0 aliphatic carbocycles. The van der Waals surface area contributed by atoms with Crippen molar-refractivity contribution in [3.8, 4) is 5.75 Å². The number of hydrogen-bond donors (Lipinski definition) is 1. The molecule has 1 aromatic heterocycles. The fraction of sp³-hybridized carbons (Fsp3) is 0.357. The zero-order valence-electron chi connectivity index (χ0n) is 11.2. The van der Waals surface area contributed by atoms with Crippen molar-refractivity contribution in [3.05, 3.63) is 40.6 Å². The molecule has 2 rings (SSSR count). The lowest BCUT2D eigenvalue weighted by Crippen LogP contribution is -2.12. The van der Waals surface area contributed by atoms with Crippen LogP contribution in [0.5, 0.6) is 5.75 Å². The summed E-state index contributed by atoms with van der Waals surface area (Å²) in [6.45, 7) is 3.49. The van der Waals surface area contributed by atoms with Crippen molar-refractivity contribution < 1.29 is 4.74 Å². The van der Waals surface area contributed by atoms with Gasteiger partial charge in [0.25, 0.3) is 0 Å². The van der Waals surface area contributed by atoms with E-state index in [0.29, 0.717) is 6.61 Å². The highest BCUT2D eigenvalue weighted by molar-refractivity contribution is 9.10. The van der Waals surface area contributed by atoms with E-state index in [1.807, 2.05) is 42.2 Å². The first-order valence-corrected chi connectivity index (χ1v) is 7.13. The Morgan fingerprint density at radius 3 is 2.74 bits per heavy atom. The summed E-state index contributed by atoms with van der Waals surface area (Å²) in [7, 11) is 1.93. The molecule has 0 aliphatic heterocycles. The second-order valence-electron chi connectivity index (χ2n) is 4.25. The molecule has 0 fully saturated rings. The van der Waals surface area contributed by atoms with Gasteiger partial charge in [-0.2, -0.15) is 5.10 Å². The van der Waals surface area contributed by atoms with Crippen LogP contribution in [0.15, 0.2) is 34.9 Å². The van der Waals surface area contributed by atoms with E-state index in [1.165, 1.54) is 0 Å². The predicted octanol–water partition coefficient (Wildman–Crippen LogP) is 3.24. The molecular weight excluding hydrogens is 306 g/mol. The number of benzene rings is 1. The fourth-order valence-electron chi connectivity index (χ4n) is 1.83. The van der Waals surface area contributed by atoms with Crippen LogP contribution in [0.2, 0.25) is 0 Å². The molecule has 0 spiro atoms. The summed E-state index contributed by atoms with van der Waals surface area (Å²) in [6.07, 6.45) is 2.93. The standard InChI is InChI=1S/C14H18BrN3O/c1-3-13-14(10-18(2)17-13)16-8-9-19-12-6-4-11(15)5-7-12/h4-7,10,16H,3,8-9H2,1-2H3. The molecule has 0 atom stereocenters. The van der Waals surface area contributed by atoms with Crippen molar-refractivity contribution in [1.82, 2.24) is 9.78 Å². The number of hydrogen-bond acceptors (Lipinski definition) is 3. The first-order chi connectivity index (χ1) is 9.19. The minimum atomic E-state index is 0.625. The maximum Gasteiger partial charge on any atom is 0.119 e. The molecule has 0 bridgehead atoms. The summed E-state index contributed by atoms with van der Waals surface area (Å²) in [5.41, 5.74) is 2.18.